The van der Waals surface area contributed by atoms with Crippen molar-refractivity contribution in [1.82, 2.24) is 4.72 Å². The zero-order chi connectivity index (χ0) is 12.4. The zero-order valence-electron chi connectivity index (χ0n) is 9.59. The van der Waals surface area contributed by atoms with E-state index in [1.165, 1.54) is 0 Å². The first kappa shape index (κ1) is 12.5. The summed E-state index contributed by atoms with van der Waals surface area (Å²) in [6.07, 6.45) is 2.65. The monoisotopic (exact) mass is 255 g/mol. The maximum atomic E-state index is 11.9. The zero-order valence-corrected chi connectivity index (χ0v) is 10.4. The third kappa shape index (κ3) is 3.06. The summed E-state index contributed by atoms with van der Waals surface area (Å²) in [4.78, 5) is 0.291. The highest BCUT2D eigenvalue weighted by Crippen LogP contribution is 2.48. The lowest BCUT2D eigenvalue weighted by molar-refractivity contribution is 0.249. The van der Waals surface area contributed by atoms with Gasteiger partial charge in [-0.05, 0) is 36.8 Å². The first-order valence-electron chi connectivity index (χ1n) is 5.74. The van der Waals surface area contributed by atoms with Crippen LogP contribution in [0.25, 0.3) is 0 Å². The Balaban J connectivity index is 2.00. The Labute approximate surface area is 102 Å². The number of aliphatic hydroxyl groups is 1. The molecule has 4 nitrogen and oxygen atoms in total. The Hall–Kier alpha value is -0.910. The molecule has 0 atom stereocenters. The molecule has 1 aliphatic rings. The van der Waals surface area contributed by atoms with Crippen LogP contribution in [0.15, 0.2) is 35.2 Å². The van der Waals surface area contributed by atoms with Crippen molar-refractivity contribution in [2.24, 2.45) is 5.41 Å². The van der Waals surface area contributed by atoms with Gasteiger partial charge in [0, 0.05) is 13.2 Å². The molecule has 0 bridgehead atoms. The molecular weight excluding hydrogens is 238 g/mol. The fraction of sp³-hybridized carbons (Fsp3) is 0.500. The molecule has 0 heterocycles. The van der Waals surface area contributed by atoms with E-state index in [9.17, 15) is 8.42 Å². The second-order valence-corrected chi connectivity index (χ2v) is 6.38. The first-order chi connectivity index (χ1) is 8.08. The highest BCUT2D eigenvalue weighted by Gasteiger charge is 2.42. The van der Waals surface area contributed by atoms with Gasteiger partial charge in [-0.1, -0.05) is 18.2 Å². The standard InChI is InChI=1S/C12H17NO3S/c14-9-8-12(6-7-12)10-13-17(15,16)11-4-2-1-3-5-11/h1-5,13-14H,6-10H2. The van der Waals surface area contributed by atoms with Crippen molar-refractivity contribution >= 4 is 10.0 Å². The molecule has 17 heavy (non-hydrogen) atoms. The first-order valence-corrected chi connectivity index (χ1v) is 7.22. The molecule has 94 valence electrons. The number of hydrogen-bond donors (Lipinski definition) is 2. The van der Waals surface area contributed by atoms with Crippen LogP contribution in [0, 0.1) is 5.41 Å². The average Bonchev–Trinajstić information content (AvgIpc) is 3.09. The van der Waals surface area contributed by atoms with Crippen LogP contribution >= 0.6 is 0 Å². The van der Waals surface area contributed by atoms with Crippen LogP contribution < -0.4 is 4.72 Å². The SMILES string of the molecule is O=S(=O)(NCC1(CCO)CC1)c1ccccc1. The summed E-state index contributed by atoms with van der Waals surface area (Å²) in [7, 11) is -3.40. The van der Waals surface area contributed by atoms with Crippen molar-refractivity contribution in [3.63, 3.8) is 0 Å². The minimum absolute atomic E-state index is 0.00337. The summed E-state index contributed by atoms with van der Waals surface area (Å²) in [5.41, 5.74) is -0.00337. The number of rotatable bonds is 6. The van der Waals surface area contributed by atoms with Gasteiger partial charge in [0.15, 0.2) is 0 Å². The molecule has 1 aromatic carbocycles. The Bertz CT molecular complexity index is 466. The molecular formula is C12H17NO3S. The summed E-state index contributed by atoms with van der Waals surface area (Å²) < 4.78 is 26.5. The van der Waals surface area contributed by atoms with Gasteiger partial charge >= 0.3 is 0 Å². The van der Waals surface area contributed by atoms with E-state index in [0.29, 0.717) is 17.9 Å². The molecule has 2 N–H and O–H groups in total. The summed E-state index contributed by atoms with van der Waals surface area (Å²) in [6.45, 7) is 0.540. The maximum absolute atomic E-state index is 11.9. The molecule has 0 aliphatic heterocycles. The molecule has 0 aromatic heterocycles. The molecule has 1 aliphatic carbocycles. The predicted molar refractivity (Wildman–Crippen MR) is 65.0 cm³/mol. The van der Waals surface area contributed by atoms with E-state index in [1.54, 1.807) is 30.3 Å². The number of sulfonamides is 1. The van der Waals surface area contributed by atoms with Crippen LogP contribution in [-0.2, 0) is 10.0 Å². The van der Waals surface area contributed by atoms with Crippen molar-refractivity contribution in [2.75, 3.05) is 13.2 Å². The summed E-state index contributed by atoms with van der Waals surface area (Å²) >= 11 is 0. The highest BCUT2D eigenvalue weighted by molar-refractivity contribution is 7.89. The maximum Gasteiger partial charge on any atom is 0.240 e. The van der Waals surface area contributed by atoms with Crippen LogP contribution in [-0.4, -0.2) is 26.7 Å². The minimum atomic E-state index is -3.40. The van der Waals surface area contributed by atoms with E-state index in [4.69, 9.17) is 5.11 Å². The van der Waals surface area contributed by atoms with Gasteiger partial charge in [-0.25, -0.2) is 13.1 Å². The minimum Gasteiger partial charge on any atom is -0.396 e. The third-order valence-corrected chi connectivity index (χ3v) is 4.71. The van der Waals surface area contributed by atoms with Crippen LogP contribution in [0.3, 0.4) is 0 Å². The van der Waals surface area contributed by atoms with Crippen molar-refractivity contribution in [3.05, 3.63) is 30.3 Å². The quantitative estimate of drug-likeness (QED) is 0.800. The Kier molecular flexibility index (Phi) is 3.51. The van der Waals surface area contributed by atoms with Gasteiger partial charge in [0.25, 0.3) is 0 Å². The van der Waals surface area contributed by atoms with E-state index >= 15 is 0 Å². The van der Waals surface area contributed by atoms with E-state index < -0.39 is 10.0 Å². The van der Waals surface area contributed by atoms with Crippen molar-refractivity contribution < 1.29 is 13.5 Å². The van der Waals surface area contributed by atoms with Crippen molar-refractivity contribution in [1.29, 1.82) is 0 Å². The van der Waals surface area contributed by atoms with Gasteiger partial charge in [0.05, 0.1) is 4.90 Å². The average molecular weight is 255 g/mol. The second-order valence-electron chi connectivity index (χ2n) is 4.61. The second kappa shape index (κ2) is 4.76. The van der Waals surface area contributed by atoms with Gasteiger partial charge < -0.3 is 5.11 Å². The van der Waals surface area contributed by atoms with Crippen molar-refractivity contribution in [3.8, 4) is 0 Å². The predicted octanol–water partition coefficient (Wildman–Crippen LogP) is 1.13. The molecule has 1 fully saturated rings. The van der Waals surface area contributed by atoms with Crippen LogP contribution in [0.2, 0.25) is 0 Å². The lowest BCUT2D eigenvalue weighted by atomic mass is 10.0. The van der Waals surface area contributed by atoms with E-state index in [-0.39, 0.29) is 12.0 Å². The van der Waals surface area contributed by atoms with E-state index in [1.807, 2.05) is 0 Å². The molecule has 0 saturated heterocycles. The number of benzene rings is 1. The molecule has 0 spiro atoms. The van der Waals surface area contributed by atoms with Gasteiger partial charge in [0.1, 0.15) is 0 Å². The Morgan fingerprint density at radius 1 is 1.24 bits per heavy atom. The Morgan fingerprint density at radius 2 is 1.88 bits per heavy atom. The number of hydrogen-bond acceptors (Lipinski definition) is 3. The highest BCUT2D eigenvalue weighted by atomic mass is 32.2. The van der Waals surface area contributed by atoms with Gasteiger partial charge in [-0.15, -0.1) is 0 Å². The fourth-order valence-corrected chi connectivity index (χ4v) is 3.04. The van der Waals surface area contributed by atoms with Gasteiger partial charge in [0.2, 0.25) is 10.0 Å². The van der Waals surface area contributed by atoms with Gasteiger partial charge in [-0.3, -0.25) is 0 Å². The lowest BCUT2D eigenvalue weighted by Crippen LogP contribution is -2.30. The molecule has 1 saturated carbocycles. The lowest BCUT2D eigenvalue weighted by Gasteiger charge is -2.14. The number of aliphatic hydroxyl groups excluding tert-OH is 1. The molecule has 5 heteroatoms. The largest absolute Gasteiger partial charge is 0.396 e. The van der Waals surface area contributed by atoms with E-state index in [2.05, 4.69) is 4.72 Å². The fourth-order valence-electron chi connectivity index (χ4n) is 1.86. The van der Waals surface area contributed by atoms with E-state index in [0.717, 1.165) is 12.8 Å². The summed E-state index contributed by atoms with van der Waals surface area (Å²) in [5, 5.41) is 8.91. The smallest absolute Gasteiger partial charge is 0.240 e. The molecule has 2 rings (SSSR count). The topological polar surface area (TPSA) is 66.4 Å². The van der Waals surface area contributed by atoms with Crippen molar-refractivity contribution in [2.45, 2.75) is 24.2 Å². The molecule has 0 amide bonds. The summed E-state index contributed by atoms with van der Waals surface area (Å²) in [5.74, 6) is 0. The molecule has 0 unspecified atom stereocenters. The summed E-state index contributed by atoms with van der Waals surface area (Å²) in [6, 6.07) is 8.35. The van der Waals surface area contributed by atoms with Crippen LogP contribution in [0.4, 0.5) is 0 Å². The molecule has 1 aromatic rings. The van der Waals surface area contributed by atoms with Crippen LogP contribution in [0.5, 0.6) is 0 Å². The molecule has 0 radical (unpaired) electrons. The van der Waals surface area contributed by atoms with Gasteiger partial charge in [-0.2, -0.15) is 0 Å². The third-order valence-electron chi connectivity index (χ3n) is 3.29. The van der Waals surface area contributed by atoms with Crippen LogP contribution in [0.1, 0.15) is 19.3 Å². The number of nitrogens with one attached hydrogen (secondary N) is 1. The Morgan fingerprint density at radius 3 is 2.41 bits per heavy atom. The normalized spacial score (nSPS) is 17.9.